The van der Waals surface area contributed by atoms with Crippen molar-refractivity contribution in [2.45, 2.75) is 25.2 Å². The van der Waals surface area contributed by atoms with E-state index < -0.39 is 10.0 Å². The number of aromatic nitrogens is 2. The zero-order valence-corrected chi connectivity index (χ0v) is 20.6. The van der Waals surface area contributed by atoms with Gasteiger partial charge in [-0.25, -0.2) is 22.8 Å². The highest BCUT2D eigenvalue weighted by atomic mass is 32.2. The van der Waals surface area contributed by atoms with E-state index in [0.29, 0.717) is 43.3 Å². The summed E-state index contributed by atoms with van der Waals surface area (Å²) in [5.41, 5.74) is 2.63. The van der Waals surface area contributed by atoms with Gasteiger partial charge in [0.2, 0.25) is 10.0 Å². The number of aryl methyl sites for hydroxylation is 2. The Morgan fingerprint density at radius 3 is 2.37 bits per heavy atom. The third kappa shape index (κ3) is 4.63. The number of sulfonamides is 1. The van der Waals surface area contributed by atoms with Gasteiger partial charge in [-0.2, -0.15) is 4.31 Å². The van der Waals surface area contributed by atoms with Gasteiger partial charge in [-0.05, 0) is 43.0 Å². The van der Waals surface area contributed by atoms with Crippen molar-refractivity contribution in [2.75, 3.05) is 31.1 Å². The SMILES string of the molecule is Cc1nc(C)c(Cc2cccc(F)c2)c(N2CCN(S(=O)(=O)c3cccc4ccccc34)CC2)n1. The predicted octanol–water partition coefficient (Wildman–Crippen LogP) is 4.49. The molecule has 1 fully saturated rings. The molecule has 0 bridgehead atoms. The van der Waals surface area contributed by atoms with Crippen LogP contribution in [0.5, 0.6) is 0 Å². The van der Waals surface area contributed by atoms with E-state index in [4.69, 9.17) is 4.98 Å². The fourth-order valence-corrected chi connectivity index (χ4v) is 6.37. The highest BCUT2D eigenvalue weighted by Gasteiger charge is 2.31. The quantitative estimate of drug-likeness (QED) is 0.413. The summed E-state index contributed by atoms with van der Waals surface area (Å²) in [6.45, 7) is 5.52. The maximum atomic E-state index is 13.8. The molecule has 1 saturated heterocycles. The smallest absolute Gasteiger partial charge is 0.243 e. The van der Waals surface area contributed by atoms with Gasteiger partial charge in [-0.3, -0.25) is 0 Å². The van der Waals surface area contributed by atoms with E-state index >= 15 is 0 Å². The molecule has 5 rings (SSSR count). The molecule has 0 spiro atoms. The fourth-order valence-electron chi connectivity index (χ4n) is 4.74. The van der Waals surface area contributed by atoms with E-state index in [1.807, 2.05) is 50.2 Å². The number of benzene rings is 3. The van der Waals surface area contributed by atoms with Crippen molar-refractivity contribution in [1.29, 1.82) is 0 Å². The number of hydrogen-bond donors (Lipinski definition) is 0. The molecule has 3 aromatic carbocycles. The van der Waals surface area contributed by atoms with Crippen LogP contribution in [0.15, 0.2) is 71.6 Å². The molecular weight excluding hydrogens is 463 g/mol. The van der Waals surface area contributed by atoms with Gasteiger partial charge in [-0.15, -0.1) is 0 Å². The first-order valence-electron chi connectivity index (χ1n) is 11.6. The molecule has 0 radical (unpaired) electrons. The van der Waals surface area contributed by atoms with E-state index in [9.17, 15) is 12.8 Å². The summed E-state index contributed by atoms with van der Waals surface area (Å²) in [7, 11) is -3.64. The molecule has 1 aliphatic heterocycles. The van der Waals surface area contributed by atoms with Crippen LogP contribution >= 0.6 is 0 Å². The Labute approximate surface area is 205 Å². The molecular formula is C27H27FN4O2S. The monoisotopic (exact) mass is 490 g/mol. The first kappa shape index (κ1) is 23.4. The Bertz CT molecular complexity index is 1490. The molecule has 6 nitrogen and oxygen atoms in total. The molecule has 180 valence electrons. The summed E-state index contributed by atoms with van der Waals surface area (Å²) >= 11 is 0. The molecule has 1 aromatic heterocycles. The lowest BCUT2D eigenvalue weighted by molar-refractivity contribution is 0.383. The van der Waals surface area contributed by atoms with Crippen LogP contribution < -0.4 is 4.90 Å². The third-order valence-corrected chi connectivity index (χ3v) is 8.44. The number of piperazine rings is 1. The molecule has 35 heavy (non-hydrogen) atoms. The zero-order chi connectivity index (χ0) is 24.6. The van der Waals surface area contributed by atoms with Gasteiger partial charge in [0.1, 0.15) is 17.5 Å². The van der Waals surface area contributed by atoms with Crippen molar-refractivity contribution in [1.82, 2.24) is 14.3 Å². The van der Waals surface area contributed by atoms with Gasteiger partial charge in [0, 0.05) is 49.2 Å². The number of halogens is 1. The van der Waals surface area contributed by atoms with E-state index in [-0.39, 0.29) is 5.82 Å². The summed E-state index contributed by atoms with van der Waals surface area (Å²) < 4.78 is 42.4. The van der Waals surface area contributed by atoms with Gasteiger partial charge in [0.25, 0.3) is 0 Å². The number of fused-ring (bicyclic) bond motifs is 1. The molecule has 0 unspecified atom stereocenters. The average Bonchev–Trinajstić information content (AvgIpc) is 2.85. The van der Waals surface area contributed by atoms with Gasteiger partial charge in [0.15, 0.2) is 0 Å². The van der Waals surface area contributed by atoms with Crippen molar-refractivity contribution in [2.24, 2.45) is 0 Å². The van der Waals surface area contributed by atoms with Gasteiger partial charge in [-0.1, -0.05) is 48.5 Å². The lowest BCUT2D eigenvalue weighted by Gasteiger charge is -2.36. The van der Waals surface area contributed by atoms with Crippen LogP contribution in [-0.4, -0.2) is 48.9 Å². The minimum Gasteiger partial charge on any atom is -0.354 e. The summed E-state index contributed by atoms with van der Waals surface area (Å²) in [6.07, 6.45) is 0.508. The van der Waals surface area contributed by atoms with Gasteiger partial charge >= 0.3 is 0 Å². The molecule has 0 aliphatic carbocycles. The second-order valence-corrected chi connectivity index (χ2v) is 10.7. The number of rotatable bonds is 5. The average molecular weight is 491 g/mol. The Morgan fingerprint density at radius 2 is 1.60 bits per heavy atom. The van der Waals surface area contributed by atoms with E-state index in [0.717, 1.165) is 33.4 Å². The topological polar surface area (TPSA) is 66.4 Å². The first-order chi connectivity index (χ1) is 16.8. The molecule has 0 amide bonds. The second-order valence-electron chi connectivity index (χ2n) is 8.83. The molecule has 1 aliphatic rings. The minimum atomic E-state index is -3.64. The second kappa shape index (κ2) is 9.36. The highest BCUT2D eigenvalue weighted by Crippen LogP contribution is 2.29. The number of hydrogen-bond acceptors (Lipinski definition) is 5. The van der Waals surface area contributed by atoms with Crippen molar-refractivity contribution in [3.8, 4) is 0 Å². The predicted molar refractivity (Wildman–Crippen MR) is 136 cm³/mol. The Balaban J connectivity index is 1.41. The lowest BCUT2D eigenvalue weighted by Crippen LogP contribution is -2.49. The molecule has 4 aromatic rings. The minimum absolute atomic E-state index is 0.276. The standard InChI is InChI=1S/C27H27FN4O2S/c1-19-25(18-21-7-5-10-23(28)17-21)27(30-20(2)29-19)31-13-15-32(16-14-31)35(33,34)26-12-6-9-22-8-3-4-11-24(22)26/h3-12,17H,13-16,18H2,1-2H3. The van der Waals surface area contributed by atoms with Crippen LogP contribution in [0.25, 0.3) is 10.8 Å². The first-order valence-corrected chi connectivity index (χ1v) is 13.1. The highest BCUT2D eigenvalue weighted by molar-refractivity contribution is 7.89. The summed E-state index contributed by atoms with van der Waals surface area (Å²) in [5, 5.41) is 1.64. The normalized spacial score (nSPS) is 15.0. The van der Waals surface area contributed by atoms with Gasteiger partial charge < -0.3 is 4.90 Å². The Morgan fingerprint density at radius 1 is 0.886 bits per heavy atom. The Hall–Kier alpha value is -3.36. The van der Waals surface area contributed by atoms with E-state index in [1.165, 1.54) is 12.1 Å². The Kier molecular flexibility index (Phi) is 6.25. The van der Waals surface area contributed by atoms with Crippen molar-refractivity contribution in [3.63, 3.8) is 0 Å². The summed E-state index contributed by atoms with van der Waals surface area (Å²) in [6, 6.07) is 19.5. The molecule has 0 saturated carbocycles. The maximum absolute atomic E-state index is 13.8. The number of anilines is 1. The third-order valence-electron chi connectivity index (χ3n) is 6.48. The fraction of sp³-hybridized carbons (Fsp3) is 0.259. The number of nitrogens with zero attached hydrogens (tertiary/aromatic N) is 4. The van der Waals surface area contributed by atoms with Crippen molar-refractivity contribution >= 4 is 26.6 Å². The molecule has 0 N–H and O–H groups in total. The van der Waals surface area contributed by atoms with Crippen LogP contribution in [0, 0.1) is 19.7 Å². The van der Waals surface area contributed by atoms with E-state index in [1.54, 1.807) is 22.5 Å². The van der Waals surface area contributed by atoms with Crippen LogP contribution in [-0.2, 0) is 16.4 Å². The van der Waals surface area contributed by atoms with Crippen LogP contribution in [0.4, 0.5) is 10.2 Å². The van der Waals surface area contributed by atoms with Gasteiger partial charge in [0.05, 0.1) is 4.90 Å². The van der Waals surface area contributed by atoms with Crippen LogP contribution in [0.2, 0.25) is 0 Å². The van der Waals surface area contributed by atoms with Crippen LogP contribution in [0.3, 0.4) is 0 Å². The molecule has 0 atom stereocenters. The van der Waals surface area contributed by atoms with E-state index in [2.05, 4.69) is 9.88 Å². The lowest BCUT2D eigenvalue weighted by atomic mass is 10.0. The maximum Gasteiger partial charge on any atom is 0.243 e. The molecule has 2 heterocycles. The van der Waals surface area contributed by atoms with Crippen molar-refractivity contribution < 1.29 is 12.8 Å². The zero-order valence-electron chi connectivity index (χ0n) is 19.8. The van der Waals surface area contributed by atoms with Crippen LogP contribution in [0.1, 0.15) is 22.6 Å². The van der Waals surface area contributed by atoms with Crippen molar-refractivity contribution in [3.05, 3.63) is 95.2 Å². The summed E-state index contributed by atoms with van der Waals surface area (Å²) in [4.78, 5) is 11.7. The largest absolute Gasteiger partial charge is 0.354 e. The molecule has 8 heteroatoms. The summed E-state index contributed by atoms with van der Waals surface area (Å²) in [5.74, 6) is 1.18.